The highest BCUT2D eigenvalue weighted by Gasteiger charge is 2.38. The highest BCUT2D eigenvalue weighted by molar-refractivity contribution is 6.42. The molecule has 3 rings (SSSR count). The summed E-state index contributed by atoms with van der Waals surface area (Å²) < 4.78 is 22.4. The molecule has 2 aliphatic rings. The molecule has 0 amide bonds. The summed E-state index contributed by atoms with van der Waals surface area (Å²) in [5, 5.41) is 1.02. The Hall–Kier alpha value is -0.360. The standard InChI is InChI=1S/C13H14Cl2O4/c14-9-2-1-8(7-10(9)15)11(12-16-3-4-17-12)13-18-5-6-19-13/h1-2,7,11-13H,3-6H2. The average molecular weight is 305 g/mol. The maximum Gasteiger partial charge on any atom is 0.169 e. The van der Waals surface area contributed by atoms with Crippen LogP contribution < -0.4 is 0 Å². The Bertz CT molecular complexity index is 426. The number of halogens is 2. The zero-order chi connectivity index (χ0) is 13.2. The van der Waals surface area contributed by atoms with E-state index in [0.29, 0.717) is 36.5 Å². The molecule has 1 aromatic carbocycles. The van der Waals surface area contributed by atoms with Gasteiger partial charge in [0, 0.05) is 0 Å². The van der Waals surface area contributed by atoms with Crippen molar-refractivity contribution in [3.05, 3.63) is 33.8 Å². The van der Waals surface area contributed by atoms with Gasteiger partial charge in [0.15, 0.2) is 12.6 Å². The number of hydrogen-bond acceptors (Lipinski definition) is 4. The molecule has 2 fully saturated rings. The molecule has 0 unspecified atom stereocenters. The molecule has 0 saturated carbocycles. The summed E-state index contributed by atoms with van der Waals surface area (Å²) in [5.41, 5.74) is 0.938. The minimum absolute atomic E-state index is 0.167. The molecule has 0 radical (unpaired) electrons. The molecule has 2 saturated heterocycles. The molecule has 2 aliphatic heterocycles. The van der Waals surface area contributed by atoms with E-state index in [1.54, 1.807) is 6.07 Å². The van der Waals surface area contributed by atoms with Crippen molar-refractivity contribution in [3.63, 3.8) is 0 Å². The number of benzene rings is 1. The van der Waals surface area contributed by atoms with Gasteiger partial charge in [0.2, 0.25) is 0 Å². The number of rotatable bonds is 3. The van der Waals surface area contributed by atoms with Gasteiger partial charge in [-0.25, -0.2) is 0 Å². The lowest BCUT2D eigenvalue weighted by Crippen LogP contribution is -2.31. The summed E-state index contributed by atoms with van der Waals surface area (Å²) in [6.07, 6.45) is -0.749. The van der Waals surface area contributed by atoms with Gasteiger partial charge in [-0.1, -0.05) is 29.3 Å². The van der Waals surface area contributed by atoms with Crippen molar-refractivity contribution in [2.75, 3.05) is 26.4 Å². The van der Waals surface area contributed by atoms with Crippen LogP contribution >= 0.6 is 23.2 Å². The summed E-state index contributed by atoms with van der Waals surface area (Å²) in [7, 11) is 0. The molecular weight excluding hydrogens is 291 g/mol. The first-order valence-corrected chi connectivity index (χ1v) is 6.92. The van der Waals surface area contributed by atoms with Gasteiger partial charge in [-0.15, -0.1) is 0 Å². The van der Waals surface area contributed by atoms with Crippen LogP contribution in [0.2, 0.25) is 10.0 Å². The summed E-state index contributed by atoms with van der Waals surface area (Å²) in [4.78, 5) is 0. The van der Waals surface area contributed by atoms with Crippen LogP contribution in [0.3, 0.4) is 0 Å². The van der Waals surface area contributed by atoms with Crippen LogP contribution in [0.15, 0.2) is 18.2 Å². The third kappa shape index (κ3) is 2.89. The molecule has 1 aromatic rings. The molecule has 104 valence electrons. The maximum atomic E-state index is 6.08. The molecule has 6 heteroatoms. The van der Waals surface area contributed by atoms with Gasteiger partial charge in [0.25, 0.3) is 0 Å². The van der Waals surface area contributed by atoms with E-state index in [-0.39, 0.29) is 18.5 Å². The second-order valence-electron chi connectivity index (χ2n) is 4.42. The van der Waals surface area contributed by atoms with Crippen LogP contribution in [0.5, 0.6) is 0 Å². The van der Waals surface area contributed by atoms with E-state index in [1.165, 1.54) is 0 Å². The third-order valence-electron chi connectivity index (χ3n) is 3.21. The van der Waals surface area contributed by atoms with Gasteiger partial charge < -0.3 is 18.9 Å². The second kappa shape index (κ2) is 5.95. The summed E-state index contributed by atoms with van der Waals surface area (Å²) in [6, 6.07) is 5.47. The Morgan fingerprint density at radius 2 is 1.37 bits per heavy atom. The normalized spacial score (nSPS) is 21.6. The number of hydrogen-bond donors (Lipinski definition) is 0. The molecule has 0 aromatic heterocycles. The summed E-state index contributed by atoms with van der Waals surface area (Å²) in [6.45, 7) is 2.31. The van der Waals surface area contributed by atoms with E-state index in [9.17, 15) is 0 Å². The highest BCUT2D eigenvalue weighted by atomic mass is 35.5. The minimum atomic E-state index is -0.375. The van der Waals surface area contributed by atoms with Gasteiger partial charge in [-0.05, 0) is 17.7 Å². The van der Waals surface area contributed by atoms with Gasteiger partial charge in [0.05, 0.1) is 42.4 Å². The SMILES string of the molecule is Clc1ccc(C(C2OCCO2)C2OCCO2)cc1Cl. The minimum Gasteiger partial charge on any atom is -0.349 e. The fourth-order valence-corrected chi connectivity index (χ4v) is 2.64. The molecule has 0 aliphatic carbocycles. The van der Waals surface area contributed by atoms with Crippen molar-refractivity contribution >= 4 is 23.2 Å². The Balaban J connectivity index is 1.90. The van der Waals surface area contributed by atoms with Crippen molar-refractivity contribution in [3.8, 4) is 0 Å². The number of ether oxygens (including phenoxy) is 4. The lowest BCUT2D eigenvalue weighted by Gasteiger charge is -2.27. The molecule has 4 nitrogen and oxygen atoms in total. The quantitative estimate of drug-likeness (QED) is 0.860. The van der Waals surface area contributed by atoms with Crippen molar-refractivity contribution in [2.24, 2.45) is 0 Å². The summed E-state index contributed by atoms with van der Waals surface area (Å²) >= 11 is 12.0. The van der Waals surface area contributed by atoms with Gasteiger partial charge in [-0.2, -0.15) is 0 Å². The molecule has 0 bridgehead atoms. The van der Waals surface area contributed by atoms with Crippen LogP contribution in [-0.2, 0) is 18.9 Å². The Kier molecular flexibility index (Phi) is 4.27. The molecule has 2 heterocycles. The first-order chi connectivity index (χ1) is 9.25. The molecule has 0 spiro atoms. The van der Waals surface area contributed by atoms with Gasteiger partial charge >= 0.3 is 0 Å². The van der Waals surface area contributed by atoms with Gasteiger partial charge in [0.1, 0.15) is 0 Å². The fourth-order valence-electron chi connectivity index (χ4n) is 2.33. The average Bonchev–Trinajstić information content (AvgIpc) is 3.07. The van der Waals surface area contributed by atoms with E-state index in [0.717, 1.165) is 5.56 Å². The Labute approximate surface area is 121 Å². The largest absolute Gasteiger partial charge is 0.349 e. The second-order valence-corrected chi connectivity index (χ2v) is 5.23. The lowest BCUT2D eigenvalue weighted by molar-refractivity contribution is -0.145. The lowest BCUT2D eigenvalue weighted by atomic mass is 9.97. The first-order valence-electron chi connectivity index (χ1n) is 6.17. The van der Waals surface area contributed by atoms with E-state index in [4.69, 9.17) is 42.1 Å². The van der Waals surface area contributed by atoms with Crippen molar-refractivity contribution in [2.45, 2.75) is 18.5 Å². The van der Waals surface area contributed by atoms with Crippen LogP contribution in [0.4, 0.5) is 0 Å². The predicted octanol–water partition coefficient (Wildman–Crippen LogP) is 2.82. The topological polar surface area (TPSA) is 36.9 Å². The zero-order valence-corrected chi connectivity index (χ0v) is 11.7. The fraction of sp³-hybridized carbons (Fsp3) is 0.538. The van der Waals surface area contributed by atoms with Gasteiger partial charge in [-0.3, -0.25) is 0 Å². The van der Waals surface area contributed by atoms with Crippen molar-refractivity contribution in [1.29, 1.82) is 0 Å². The highest BCUT2D eigenvalue weighted by Crippen LogP contribution is 2.35. The van der Waals surface area contributed by atoms with Crippen LogP contribution in [-0.4, -0.2) is 39.0 Å². The van der Waals surface area contributed by atoms with E-state index in [1.807, 2.05) is 12.1 Å². The van der Waals surface area contributed by atoms with Crippen molar-refractivity contribution in [1.82, 2.24) is 0 Å². The molecule has 19 heavy (non-hydrogen) atoms. The Morgan fingerprint density at radius 3 is 1.84 bits per heavy atom. The third-order valence-corrected chi connectivity index (χ3v) is 3.95. The van der Waals surface area contributed by atoms with Crippen LogP contribution in [0.1, 0.15) is 11.5 Å². The molecular formula is C13H14Cl2O4. The monoisotopic (exact) mass is 304 g/mol. The smallest absolute Gasteiger partial charge is 0.169 e. The summed E-state index contributed by atoms with van der Waals surface area (Å²) in [5.74, 6) is -0.167. The maximum absolute atomic E-state index is 6.08. The van der Waals surface area contributed by atoms with E-state index in [2.05, 4.69) is 0 Å². The predicted molar refractivity (Wildman–Crippen MR) is 70.6 cm³/mol. The van der Waals surface area contributed by atoms with E-state index < -0.39 is 0 Å². The van der Waals surface area contributed by atoms with E-state index >= 15 is 0 Å². The molecule has 0 N–H and O–H groups in total. The zero-order valence-electron chi connectivity index (χ0n) is 10.2. The Morgan fingerprint density at radius 1 is 0.842 bits per heavy atom. The molecule has 0 atom stereocenters. The van der Waals surface area contributed by atoms with Crippen LogP contribution in [0.25, 0.3) is 0 Å². The first kappa shape index (κ1) is 13.6. The van der Waals surface area contributed by atoms with Crippen LogP contribution in [0, 0.1) is 0 Å². The van der Waals surface area contributed by atoms with Crippen molar-refractivity contribution < 1.29 is 18.9 Å².